The van der Waals surface area contributed by atoms with E-state index in [9.17, 15) is 4.79 Å². The van der Waals surface area contributed by atoms with Crippen molar-refractivity contribution in [3.8, 4) is 28.3 Å². The molecule has 0 aliphatic rings. The van der Waals surface area contributed by atoms with E-state index in [0.29, 0.717) is 23.4 Å². The first-order chi connectivity index (χ1) is 17.2. The van der Waals surface area contributed by atoms with Gasteiger partial charge in [0.05, 0.1) is 29.0 Å². The molecule has 5 aromatic rings. The standard InChI is InChI=1S/C31H26N2O2/c1-2-3-21-35-24-19-17-23(18-20-24)31(34)26-14-8-7-13-25(26)30-29(22-11-5-4-6-12-22)32-27-15-9-10-16-28(27)33-30/h4-20H,2-3,21H2,1H3. The summed E-state index contributed by atoms with van der Waals surface area (Å²) < 4.78 is 5.76. The van der Waals surface area contributed by atoms with Crippen molar-refractivity contribution in [3.05, 3.63) is 114 Å². The molecule has 0 aliphatic carbocycles. The quantitative estimate of drug-likeness (QED) is 0.180. The van der Waals surface area contributed by atoms with Crippen LogP contribution in [0.15, 0.2) is 103 Å². The Morgan fingerprint density at radius 1 is 0.714 bits per heavy atom. The molecule has 0 fully saturated rings. The Hall–Kier alpha value is -4.31. The van der Waals surface area contributed by atoms with Gasteiger partial charge in [-0.05, 0) is 42.8 Å². The molecule has 0 atom stereocenters. The fourth-order valence-corrected chi connectivity index (χ4v) is 4.07. The molecule has 0 N–H and O–H groups in total. The number of nitrogens with zero attached hydrogens (tertiary/aromatic N) is 2. The predicted molar refractivity (Wildman–Crippen MR) is 141 cm³/mol. The van der Waals surface area contributed by atoms with E-state index < -0.39 is 0 Å². The van der Waals surface area contributed by atoms with Crippen LogP contribution in [-0.2, 0) is 0 Å². The molecular formula is C31H26N2O2. The summed E-state index contributed by atoms with van der Waals surface area (Å²) in [7, 11) is 0. The maximum atomic E-state index is 13.6. The van der Waals surface area contributed by atoms with Gasteiger partial charge in [0.25, 0.3) is 0 Å². The second-order valence-corrected chi connectivity index (χ2v) is 8.38. The van der Waals surface area contributed by atoms with Crippen molar-refractivity contribution in [1.82, 2.24) is 9.97 Å². The van der Waals surface area contributed by atoms with Gasteiger partial charge in [0.1, 0.15) is 5.75 Å². The van der Waals surface area contributed by atoms with Crippen molar-refractivity contribution in [3.63, 3.8) is 0 Å². The van der Waals surface area contributed by atoms with E-state index in [1.54, 1.807) is 0 Å². The molecule has 0 saturated carbocycles. The summed E-state index contributed by atoms with van der Waals surface area (Å²) in [5.41, 5.74) is 5.97. The number of carbonyl (C=O) groups is 1. The van der Waals surface area contributed by atoms with Gasteiger partial charge in [0.2, 0.25) is 0 Å². The highest BCUT2D eigenvalue weighted by molar-refractivity contribution is 6.13. The van der Waals surface area contributed by atoms with E-state index in [2.05, 4.69) is 6.92 Å². The summed E-state index contributed by atoms with van der Waals surface area (Å²) in [6, 6.07) is 32.8. The van der Waals surface area contributed by atoms with Gasteiger partial charge in [-0.3, -0.25) is 4.79 Å². The van der Waals surface area contributed by atoms with Crippen LogP contribution in [0.1, 0.15) is 35.7 Å². The van der Waals surface area contributed by atoms with Crippen LogP contribution in [0.2, 0.25) is 0 Å². The lowest BCUT2D eigenvalue weighted by molar-refractivity contribution is 0.103. The Morgan fingerprint density at radius 3 is 2.06 bits per heavy atom. The number of hydrogen-bond donors (Lipinski definition) is 0. The molecule has 0 bridgehead atoms. The van der Waals surface area contributed by atoms with E-state index >= 15 is 0 Å². The third-order valence-corrected chi connectivity index (χ3v) is 5.93. The van der Waals surface area contributed by atoms with E-state index in [4.69, 9.17) is 14.7 Å². The minimum atomic E-state index is -0.0605. The molecule has 1 aromatic heterocycles. The van der Waals surface area contributed by atoms with E-state index in [1.165, 1.54) is 0 Å². The molecule has 35 heavy (non-hydrogen) atoms. The highest BCUT2D eigenvalue weighted by atomic mass is 16.5. The molecule has 0 radical (unpaired) electrons. The highest BCUT2D eigenvalue weighted by Gasteiger charge is 2.20. The maximum Gasteiger partial charge on any atom is 0.193 e. The van der Waals surface area contributed by atoms with Crippen LogP contribution in [0, 0.1) is 0 Å². The first kappa shape index (κ1) is 22.5. The Kier molecular flexibility index (Phi) is 6.62. The minimum Gasteiger partial charge on any atom is -0.494 e. The van der Waals surface area contributed by atoms with Crippen LogP contribution < -0.4 is 4.74 Å². The van der Waals surface area contributed by atoms with Gasteiger partial charge < -0.3 is 4.74 Å². The molecule has 0 saturated heterocycles. The fourth-order valence-electron chi connectivity index (χ4n) is 4.07. The number of ketones is 1. The number of carbonyl (C=O) groups excluding carboxylic acids is 1. The van der Waals surface area contributed by atoms with Crippen molar-refractivity contribution in [2.75, 3.05) is 6.61 Å². The summed E-state index contributed by atoms with van der Waals surface area (Å²) in [6.07, 6.45) is 2.08. The van der Waals surface area contributed by atoms with Crippen LogP contribution in [0.5, 0.6) is 5.75 Å². The van der Waals surface area contributed by atoms with E-state index in [1.807, 2.05) is 103 Å². The summed E-state index contributed by atoms with van der Waals surface area (Å²) in [4.78, 5) is 23.6. The molecule has 0 spiro atoms. The maximum absolute atomic E-state index is 13.6. The normalized spacial score (nSPS) is 10.9. The van der Waals surface area contributed by atoms with E-state index in [0.717, 1.165) is 46.4 Å². The minimum absolute atomic E-state index is 0.0605. The van der Waals surface area contributed by atoms with Crippen molar-refractivity contribution in [1.29, 1.82) is 0 Å². The SMILES string of the molecule is CCCCOc1ccc(C(=O)c2ccccc2-c2nc3ccccc3nc2-c2ccccc2)cc1. The zero-order chi connectivity index (χ0) is 24.0. The average molecular weight is 459 g/mol. The first-order valence-corrected chi connectivity index (χ1v) is 11.9. The number of para-hydroxylation sites is 2. The van der Waals surface area contributed by atoms with Gasteiger partial charge in [-0.25, -0.2) is 9.97 Å². The number of rotatable bonds is 8. The Labute approximate surface area is 205 Å². The molecule has 4 aromatic carbocycles. The van der Waals surface area contributed by atoms with Crippen molar-refractivity contribution < 1.29 is 9.53 Å². The Balaban J connectivity index is 1.59. The lowest BCUT2D eigenvalue weighted by atomic mass is 9.94. The topological polar surface area (TPSA) is 52.1 Å². The molecule has 172 valence electrons. The zero-order valence-electron chi connectivity index (χ0n) is 19.6. The highest BCUT2D eigenvalue weighted by Crippen LogP contribution is 2.33. The number of unbranched alkanes of at least 4 members (excludes halogenated alkanes) is 1. The average Bonchev–Trinajstić information content (AvgIpc) is 2.93. The Morgan fingerprint density at radius 2 is 1.34 bits per heavy atom. The van der Waals surface area contributed by atoms with E-state index in [-0.39, 0.29) is 5.78 Å². The molecule has 0 unspecified atom stereocenters. The van der Waals surface area contributed by atoms with Gasteiger partial charge in [-0.2, -0.15) is 0 Å². The third-order valence-electron chi connectivity index (χ3n) is 5.93. The van der Waals surface area contributed by atoms with Gasteiger partial charge in [0.15, 0.2) is 5.78 Å². The van der Waals surface area contributed by atoms with Crippen molar-refractivity contribution in [2.45, 2.75) is 19.8 Å². The van der Waals surface area contributed by atoms with Gasteiger partial charge in [-0.15, -0.1) is 0 Å². The second-order valence-electron chi connectivity index (χ2n) is 8.38. The second kappa shape index (κ2) is 10.3. The molecule has 5 rings (SSSR count). The predicted octanol–water partition coefficient (Wildman–Crippen LogP) is 7.37. The van der Waals surface area contributed by atoms with Gasteiger partial charge in [0, 0.05) is 22.3 Å². The summed E-state index contributed by atoms with van der Waals surface area (Å²) in [6.45, 7) is 2.81. The van der Waals surface area contributed by atoms with Crippen LogP contribution in [0.3, 0.4) is 0 Å². The largest absolute Gasteiger partial charge is 0.494 e. The van der Waals surface area contributed by atoms with Crippen LogP contribution in [0.4, 0.5) is 0 Å². The summed E-state index contributed by atoms with van der Waals surface area (Å²) in [5, 5.41) is 0. The number of aromatic nitrogens is 2. The molecule has 0 aliphatic heterocycles. The molecule has 4 nitrogen and oxygen atoms in total. The molecular weight excluding hydrogens is 432 g/mol. The van der Waals surface area contributed by atoms with Crippen LogP contribution >= 0.6 is 0 Å². The summed E-state index contributed by atoms with van der Waals surface area (Å²) >= 11 is 0. The first-order valence-electron chi connectivity index (χ1n) is 11.9. The van der Waals surface area contributed by atoms with Crippen LogP contribution in [-0.4, -0.2) is 22.4 Å². The Bertz CT molecular complexity index is 1460. The smallest absolute Gasteiger partial charge is 0.193 e. The van der Waals surface area contributed by atoms with Gasteiger partial charge in [-0.1, -0.05) is 80.1 Å². The van der Waals surface area contributed by atoms with Crippen LogP contribution in [0.25, 0.3) is 33.5 Å². The van der Waals surface area contributed by atoms with Crippen molar-refractivity contribution >= 4 is 16.8 Å². The monoisotopic (exact) mass is 458 g/mol. The number of fused-ring (bicyclic) bond motifs is 1. The lowest BCUT2D eigenvalue weighted by Gasteiger charge is -2.14. The number of ether oxygens (including phenoxy) is 1. The molecule has 0 amide bonds. The van der Waals surface area contributed by atoms with Gasteiger partial charge >= 0.3 is 0 Å². The summed E-state index contributed by atoms with van der Waals surface area (Å²) in [5.74, 6) is 0.713. The fraction of sp³-hybridized carbons (Fsp3) is 0.129. The zero-order valence-corrected chi connectivity index (χ0v) is 19.6. The molecule has 4 heteroatoms. The number of benzene rings is 4. The molecule has 1 heterocycles. The lowest BCUT2D eigenvalue weighted by Crippen LogP contribution is -2.06. The number of hydrogen-bond acceptors (Lipinski definition) is 4. The third kappa shape index (κ3) is 4.82. The van der Waals surface area contributed by atoms with Crippen molar-refractivity contribution in [2.24, 2.45) is 0 Å².